The standard InChI is InChI=1S/C18H15P.C13H19NO5S.CHF3O3S.Au/c1-4-10-16(11-5-1)19(17-12-6-2-7-13-17)18-14-8-3-9-15-18;1-13(2,3)20(16,17)19-10-7-5-9(6-8-10)11(14)12(15)18-4;2-1(3,4)8(5,6)7;/h1-15H;5-8,11H,14H2,1-4H3;(H,5,6,7);/q;;;+1/p-1/t;11-;;/m.0../s1. The number of benzene rings is 4. The molecule has 0 spiro atoms. The molecule has 0 unspecified atom stereocenters. The number of ether oxygens (including phenoxy) is 1. The Morgan fingerprint density at radius 1 is 0.729 bits per heavy atom. The van der Waals surface area contributed by atoms with E-state index in [1.54, 1.807) is 20.8 Å². The first-order valence-electron chi connectivity index (χ1n) is 13.6. The fourth-order valence-electron chi connectivity index (χ4n) is 3.42. The number of carbonyl (C=O) groups excluding carboxylic acids is 1. The zero-order chi connectivity index (χ0) is 35.5. The zero-order valence-electron chi connectivity index (χ0n) is 26.1. The van der Waals surface area contributed by atoms with Gasteiger partial charge in [-0.3, -0.25) is 4.79 Å². The van der Waals surface area contributed by atoms with Crippen LogP contribution in [-0.4, -0.2) is 44.7 Å². The van der Waals surface area contributed by atoms with Crippen LogP contribution in [0, 0.1) is 0 Å². The van der Waals surface area contributed by atoms with E-state index in [4.69, 9.17) is 22.9 Å². The van der Waals surface area contributed by atoms with Crippen LogP contribution in [0.15, 0.2) is 115 Å². The fraction of sp³-hybridized carbons (Fsp3) is 0.219. The van der Waals surface area contributed by atoms with Crippen molar-refractivity contribution in [3.05, 3.63) is 121 Å². The molecule has 0 fully saturated rings. The van der Waals surface area contributed by atoms with Gasteiger partial charge in [-0.25, -0.2) is 8.42 Å². The molecule has 4 aromatic carbocycles. The van der Waals surface area contributed by atoms with E-state index < -0.39 is 50.4 Å². The molecule has 0 saturated heterocycles. The summed E-state index contributed by atoms with van der Waals surface area (Å²) in [5.41, 5.74) is 0.528. The topological polar surface area (TPSA) is 153 Å². The molecule has 9 nitrogen and oxygen atoms in total. The van der Waals surface area contributed by atoms with Gasteiger partial charge in [0.1, 0.15) is 11.8 Å². The molecule has 0 aliphatic rings. The first-order chi connectivity index (χ1) is 21.8. The molecular weight excluding hydrogens is 875 g/mol. The average molecular weight is 910 g/mol. The Morgan fingerprint density at radius 3 is 1.33 bits per heavy atom. The van der Waals surface area contributed by atoms with Gasteiger partial charge in [-0.05, 0) is 62.3 Å². The van der Waals surface area contributed by atoms with E-state index in [2.05, 4.69) is 95.7 Å². The molecule has 0 radical (unpaired) electrons. The van der Waals surface area contributed by atoms with Crippen LogP contribution < -0.4 is 25.8 Å². The van der Waals surface area contributed by atoms with Crippen molar-refractivity contribution in [1.82, 2.24) is 0 Å². The van der Waals surface area contributed by atoms with Crippen molar-refractivity contribution in [2.45, 2.75) is 37.1 Å². The molecule has 0 saturated carbocycles. The van der Waals surface area contributed by atoms with Crippen molar-refractivity contribution >= 4 is 50.0 Å². The van der Waals surface area contributed by atoms with Crippen LogP contribution in [0.3, 0.4) is 0 Å². The number of hydrogen-bond acceptors (Lipinski definition) is 9. The molecule has 264 valence electrons. The molecular formula is C32H34AuF3NO8PS2. The first-order valence-corrected chi connectivity index (χ1v) is 17.8. The van der Waals surface area contributed by atoms with Gasteiger partial charge >= 0.3 is 44.0 Å². The molecule has 4 aromatic rings. The molecule has 4 rings (SSSR count). The van der Waals surface area contributed by atoms with Crippen LogP contribution in [0.5, 0.6) is 5.75 Å². The van der Waals surface area contributed by atoms with E-state index in [9.17, 15) is 26.4 Å². The van der Waals surface area contributed by atoms with Gasteiger partial charge in [0, 0.05) is 0 Å². The van der Waals surface area contributed by atoms with Crippen LogP contribution in [-0.2, 0) is 52.1 Å². The molecule has 2 N–H and O–H groups in total. The molecule has 0 heterocycles. The number of rotatable bonds is 7. The van der Waals surface area contributed by atoms with Gasteiger partial charge < -0.3 is 19.2 Å². The van der Waals surface area contributed by atoms with Gasteiger partial charge in [-0.1, -0.05) is 103 Å². The summed E-state index contributed by atoms with van der Waals surface area (Å²) in [5.74, 6) is -0.401. The normalized spacial score (nSPS) is 12.2. The van der Waals surface area contributed by atoms with Gasteiger partial charge in [0.2, 0.25) is 0 Å². The van der Waals surface area contributed by atoms with Gasteiger partial charge in [-0.15, -0.1) is 0 Å². The van der Waals surface area contributed by atoms with Gasteiger partial charge in [0.05, 0.1) is 11.9 Å². The number of alkyl halides is 3. The number of halogens is 3. The summed E-state index contributed by atoms with van der Waals surface area (Å²) >= 11 is 0. The van der Waals surface area contributed by atoms with E-state index in [0.717, 1.165) is 0 Å². The number of nitrogens with two attached hydrogens (primary N) is 1. The molecule has 0 bridgehead atoms. The zero-order valence-corrected chi connectivity index (χ0v) is 30.8. The van der Waals surface area contributed by atoms with Crippen molar-refractivity contribution in [1.29, 1.82) is 0 Å². The molecule has 0 aliphatic heterocycles. The third-order valence-corrected chi connectivity index (χ3v) is 10.9. The van der Waals surface area contributed by atoms with E-state index in [0.29, 0.717) is 5.56 Å². The number of esters is 1. The van der Waals surface area contributed by atoms with E-state index in [-0.39, 0.29) is 28.1 Å². The van der Waals surface area contributed by atoms with E-state index >= 15 is 0 Å². The van der Waals surface area contributed by atoms with E-state index in [1.165, 1.54) is 47.3 Å². The number of carbonyl (C=O) groups is 1. The largest absolute Gasteiger partial charge is 1.00 e. The Balaban J connectivity index is 0.000000387. The summed E-state index contributed by atoms with van der Waals surface area (Å²) in [7, 11) is -9.02. The summed E-state index contributed by atoms with van der Waals surface area (Å²) in [6, 6.07) is 37.4. The molecule has 1 atom stereocenters. The molecule has 0 amide bonds. The second-order valence-electron chi connectivity index (χ2n) is 10.5. The predicted molar refractivity (Wildman–Crippen MR) is 176 cm³/mol. The number of methoxy groups -OCH3 is 1. The van der Waals surface area contributed by atoms with Crippen LogP contribution in [0.25, 0.3) is 0 Å². The first kappa shape index (κ1) is 43.0. The molecule has 0 aliphatic carbocycles. The smallest absolute Gasteiger partial charge is 0.741 e. The van der Waals surface area contributed by atoms with Gasteiger partial charge in [0.15, 0.2) is 10.1 Å². The van der Waals surface area contributed by atoms with Crippen LogP contribution in [0.4, 0.5) is 13.2 Å². The fourth-order valence-corrected chi connectivity index (χ4v) is 6.34. The van der Waals surface area contributed by atoms with Crippen LogP contribution in [0.2, 0.25) is 0 Å². The van der Waals surface area contributed by atoms with Crippen molar-refractivity contribution in [3.63, 3.8) is 0 Å². The summed E-state index contributed by atoms with van der Waals surface area (Å²) in [5, 5.41) is 4.19. The van der Waals surface area contributed by atoms with Gasteiger partial charge in [-0.2, -0.15) is 21.6 Å². The van der Waals surface area contributed by atoms with Crippen LogP contribution >= 0.6 is 7.92 Å². The quantitative estimate of drug-likeness (QED) is 0.0685. The maximum absolute atomic E-state index is 11.9. The maximum atomic E-state index is 11.9. The molecule has 48 heavy (non-hydrogen) atoms. The SMILES string of the molecule is COC(=O)[C@@H](N)c1ccc(OS(=O)(=O)C(C)(C)C)cc1.O=S(=O)([O-])C(F)(F)F.[Au+].c1ccc(P(c2ccccc2)c2ccccc2)cc1. The minimum absolute atomic E-state index is 0. The van der Waals surface area contributed by atoms with Gasteiger partial charge in [0.25, 0.3) is 0 Å². The second-order valence-corrected chi connectivity index (χ2v) is 16.4. The Bertz CT molecular complexity index is 1680. The summed E-state index contributed by atoms with van der Waals surface area (Å²) in [6.45, 7) is 4.64. The third kappa shape index (κ3) is 13.1. The average Bonchev–Trinajstić information content (AvgIpc) is 3.01. The van der Waals surface area contributed by atoms with Crippen molar-refractivity contribution < 1.29 is 70.7 Å². The minimum Gasteiger partial charge on any atom is -0.741 e. The Labute approximate surface area is 295 Å². The summed E-state index contributed by atoms with van der Waals surface area (Å²) in [6.07, 6.45) is 0. The van der Waals surface area contributed by atoms with Crippen molar-refractivity contribution in [2.75, 3.05) is 7.11 Å². The third-order valence-electron chi connectivity index (χ3n) is 5.98. The van der Waals surface area contributed by atoms with Crippen LogP contribution in [0.1, 0.15) is 32.4 Å². The molecule has 16 heteroatoms. The Morgan fingerprint density at radius 2 is 1.06 bits per heavy atom. The summed E-state index contributed by atoms with van der Waals surface area (Å²) < 4.78 is 91.2. The maximum Gasteiger partial charge on any atom is 1.00 e. The number of hydrogen-bond donors (Lipinski definition) is 1. The van der Waals surface area contributed by atoms with E-state index in [1.807, 2.05) is 0 Å². The van der Waals surface area contributed by atoms with Crippen molar-refractivity contribution in [2.24, 2.45) is 5.73 Å². The minimum atomic E-state index is -6.09. The Hall–Kier alpha value is -3.07. The predicted octanol–water partition coefficient (Wildman–Crippen LogP) is 4.86. The summed E-state index contributed by atoms with van der Waals surface area (Å²) in [4.78, 5) is 11.3. The Kier molecular flexibility index (Phi) is 16.7. The monoisotopic (exact) mass is 909 g/mol. The van der Waals surface area contributed by atoms with Crippen molar-refractivity contribution in [3.8, 4) is 5.75 Å². The molecule has 0 aromatic heterocycles. The second kappa shape index (κ2) is 18.6.